The Labute approximate surface area is 168 Å². The first-order valence-electron chi connectivity index (χ1n) is 10.7. The number of aryl methyl sites for hydroxylation is 4. The maximum Gasteiger partial charge on any atom is 0.293 e. The molecule has 2 heteroatoms. The maximum absolute atomic E-state index is 10.5. The molecule has 0 atom stereocenters. The van der Waals surface area contributed by atoms with Crippen LogP contribution in [0.5, 0.6) is 0 Å². The smallest absolute Gasteiger partial charge is 0.293 e. The monoisotopic (exact) mass is 374 g/mol. The molecule has 1 rings (SSSR count). The van der Waals surface area contributed by atoms with Crippen LogP contribution in [0.3, 0.4) is 0 Å². The predicted molar refractivity (Wildman–Crippen MR) is 116 cm³/mol. The summed E-state index contributed by atoms with van der Waals surface area (Å²) >= 11 is 0. The van der Waals surface area contributed by atoms with E-state index in [1.54, 1.807) is 0 Å². The molecular formula is C25H42O2. The second-order valence-electron chi connectivity index (χ2n) is 10.0. The molecule has 0 heterocycles. The molecule has 0 aromatic heterocycles. The largest absolute Gasteiger partial charge is 0.462 e. The average Bonchev–Trinajstić information content (AvgIpc) is 2.53. The number of ether oxygens (including phenoxy) is 1. The summed E-state index contributed by atoms with van der Waals surface area (Å²) < 4.78 is 5.14. The molecule has 0 spiro atoms. The SMILES string of the molecule is Cc1cc(C)c(CCCCC(C)(C)OC=O)cc1CCCCCC(C)(C)C. The zero-order valence-electron chi connectivity index (χ0n) is 18.9. The van der Waals surface area contributed by atoms with Crippen molar-refractivity contribution in [3.63, 3.8) is 0 Å². The van der Waals surface area contributed by atoms with E-state index in [0.29, 0.717) is 11.9 Å². The van der Waals surface area contributed by atoms with Gasteiger partial charge in [-0.1, -0.05) is 45.7 Å². The maximum atomic E-state index is 10.5. The van der Waals surface area contributed by atoms with Crippen LogP contribution in [0.4, 0.5) is 0 Å². The molecule has 2 nitrogen and oxygen atoms in total. The lowest BCUT2D eigenvalue weighted by atomic mass is 9.88. The molecule has 0 radical (unpaired) electrons. The van der Waals surface area contributed by atoms with Crippen molar-refractivity contribution in [2.75, 3.05) is 0 Å². The molecule has 1 aromatic carbocycles. The Bertz CT molecular complexity index is 579. The summed E-state index contributed by atoms with van der Waals surface area (Å²) in [7, 11) is 0. The lowest BCUT2D eigenvalue weighted by molar-refractivity contribution is -0.140. The lowest BCUT2D eigenvalue weighted by Gasteiger charge is -2.22. The Balaban J connectivity index is 2.49. The number of carbonyl (C=O) groups is 1. The van der Waals surface area contributed by atoms with Crippen molar-refractivity contribution in [1.29, 1.82) is 0 Å². The highest BCUT2D eigenvalue weighted by Gasteiger charge is 2.17. The van der Waals surface area contributed by atoms with Crippen molar-refractivity contribution < 1.29 is 9.53 Å². The number of rotatable bonds is 12. The van der Waals surface area contributed by atoms with Crippen LogP contribution in [0.25, 0.3) is 0 Å². The molecule has 154 valence electrons. The van der Waals surface area contributed by atoms with Gasteiger partial charge in [0.05, 0.1) is 0 Å². The Morgan fingerprint density at radius 1 is 0.778 bits per heavy atom. The highest BCUT2D eigenvalue weighted by molar-refractivity contribution is 5.38. The van der Waals surface area contributed by atoms with Gasteiger partial charge >= 0.3 is 0 Å². The van der Waals surface area contributed by atoms with Gasteiger partial charge in [-0.3, -0.25) is 4.79 Å². The van der Waals surface area contributed by atoms with Crippen LogP contribution in [0.1, 0.15) is 102 Å². The molecule has 0 aliphatic rings. The van der Waals surface area contributed by atoms with Crippen molar-refractivity contribution >= 4 is 6.47 Å². The van der Waals surface area contributed by atoms with Gasteiger partial charge in [0, 0.05) is 0 Å². The number of benzene rings is 1. The van der Waals surface area contributed by atoms with E-state index in [9.17, 15) is 4.79 Å². The molecule has 0 unspecified atom stereocenters. The van der Waals surface area contributed by atoms with E-state index in [1.807, 2.05) is 13.8 Å². The Morgan fingerprint density at radius 2 is 1.30 bits per heavy atom. The molecule has 0 aliphatic heterocycles. The lowest BCUT2D eigenvalue weighted by Crippen LogP contribution is -2.23. The van der Waals surface area contributed by atoms with Gasteiger partial charge in [-0.05, 0) is 100 Å². The first-order valence-corrected chi connectivity index (χ1v) is 10.7. The second-order valence-corrected chi connectivity index (χ2v) is 10.0. The predicted octanol–water partition coefficient (Wildman–Crippen LogP) is 7.12. The Hall–Kier alpha value is -1.31. The molecule has 0 aliphatic carbocycles. The fourth-order valence-electron chi connectivity index (χ4n) is 3.69. The van der Waals surface area contributed by atoms with E-state index in [1.165, 1.54) is 54.4 Å². The van der Waals surface area contributed by atoms with Crippen LogP contribution < -0.4 is 0 Å². The highest BCUT2D eigenvalue weighted by atomic mass is 16.5. The first kappa shape index (κ1) is 23.7. The summed E-state index contributed by atoms with van der Waals surface area (Å²) in [6.07, 6.45) is 10.7. The number of unbranched alkanes of at least 4 members (excludes halogenated alkanes) is 3. The minimum Gasteiger partial charge on any atom is -0.462 e. The molecule has 27 heavy (non-hydrogen) atoms. The normalized spacial score (nSPS) is 12.3. The van der Waals surface area contributed by atoms with Gasteiger partial charge in [0.15, 0.2) is 0 Å². The van der Waals surface area contributed by atoms with Crippen molar-refractivity contribution in [2.45, 2.75) is 112 Å². The molecule has 0 saturated carbocycles. The van der Waals surface area contributed by atoms with Gasteiger partial charge in [0.25, 0.3) is 6.47 Å². The van der Waals surface area contributed by atoms with Crippen LogP contribution in [0, 0.1) is 19.3 Å². The van der Waals surface area contributed by atoms with Gasteiger partial charge in [-0.15, -0.1) is 0 Å². The van der Waals surface area contributed by atoms with Gasteiger partial charge in [-0.2, -0.15) is 0 Å². The first-order chi connectivity index (χ1) is 12.5. The van der Waals surface area contributed by atoms with E-state index >= 15 is 0 Å². The molecule has 0 amide bonds. The van der Waals surface area contributed by atoms with Gasteiger partial charge < -0.3 is 4.74 Å². The fourth-order valence-corrected chi connectivity index (χ4v) is 3.69. The van der Waals surface area contributed by atoms with Crippen molar-refractivity contribution in [2.24, 2.45) is 5.41 Å². The van der Waals surface area contributed by atoms with E-state index in [2.05, 4.69) is 46.8 Å². The zero-order valence-corrected chi connectivity index (χ0v) is 18.9. The third-order valence-corrected chi connectivity index (χ3v) is 5.51. The van der Waals surface area contributed by atoms with Crippen molar-refractivity contribution in [1.82, 2.24) is 0 Å². The second kappa shape index (κ2) is 10.9. The van der Waals surface area contributed by atoms with Crippen LogP contribution in [-0.4, -0.2) is 12.1 Å². The molecule has 0 N–H and O–H groups in total. The standard InChI is InChI=1S/C25H42O2/c1-20-17-21(2)23(14-10-12-16-25(6,7)27-19-26)18-22(20)13-9-8-11-15-24(3,4)5/h17-19H,8-16H2,1-7H3. The van der Waals surface area contributed by atoms with Crippen LogP contribution >= 0.6 is 0 Å². The molecule has 0 fully saturated rings. The molecule has 1 aromatic rings. The Morgan fingerprint density at radius 3 is 1.81 bits per heavy atom. The zero-order chi connectivity index (χ0) is 20.5. The number of carbonyl (C=O) groups excluding carboxylic acids is 1. The topological polar surface area (TPSA) is 26.3 Å². The highest BCUT2D eigenvalue weighted by Crippen LogP contribution is 2.24. The van der Waals surface area contributed by atoms with E-state index in [-0.39, 0.29) is 5.60 Å². The average molecular weight is 375 g/mol. The molecular weight excluding hydrogens is 332 g/mol. The van der Waals surface area contributed by atoms with E-state index in [4.69, 9.17) is 4.74 Å². The summed E-state index contributed by atoms with van der Waals surface area (Å²) in [6, 6.07) is 4.81. The van der Waals surface area contributed by atoms with Crippen LogP contribution in [0.15, 0.2) is 12.1 Å². The summed E-state index contributed by atoms with van der Waals surface area (Å²) in [5.41, 5.74) is 5.97. The summed E-state index contributed by atoms with van der Waals surface area (Å²) in [6.45, 7) is 16.0. The molecule has 0 saturated heterocycles. The van der Waals surface area contributed by atoms with Gasteiger partial charge in [-0.25, -0.2) is 0 Å². The van der Waals surface area contributed by atoms with Crippen LogP contribution in [-0.2, 0) is 22.4 Å². The number of hydrogen-bond donors (Lipinski definition) is 0. The van der Waals surface area contributed by atoms with E-state index in [0.717, 1.165) is 25.7 Å². The van der Waals surface area contributed by atoms with Gasteiger partial charge in [0.2, 0.25) is 0 Å². The van der Waals surface area contributed by atoms with Gasteiger partial charge in [0.1, 0.15) is 5.60 Å². The van der Waals surface area contributed by atoms with Crippen molar-refractivity contribution in [3.05, 3.63) is 34.4 Å². The fraction of sp³-hybridized carbons (Fsp3) is 0.720. The van der Waals surface area contributed by atoms with Crippen molar-refractivity contribution in [3.8, 4) is 0 Å². The minimum absolute atomic E-state index is 0.345. The third kappa shape index (κ3) is 9.98. The summed E-state index contributed by atoms with van der Waals surface area (Å²) in [5, 5.41) is 0. The minimum atomic E-state index is -0.345. The molecule has 0 bridgehead atoms. The third-order valence-electron chi connectivity index (χ3n) is 5.51. The quantitative estimate of drug-likeness (QED) is 0.288. The van der Waals surface area contributed by atoms with E-state index < -0.39 is 0 Å². The number of hydrogen-bond acceptors (Lipinski definition) is 2. The van der Waals surface area contributed by atoms with Crippen LogP contribution in [0.2, 0.25) is 0 Å². The summed E-state index contributed by atoms with van der Waals surface area (Å²) in [4.78, 5) is 10.5. The summed E-state index contributed by atoms with van der Waals surface area (Å²) in [5.74, 6) is 0. The Kier molecular flexibility index (Phi) is 9.56.